The molecular weight excluding hydrogens is 498 g/mol. The van der Waals surface area contributed by atoms with Crippen molar-refractivity contribution in [1.29, 1.82) is 0 Å². The van der Waals surface area contributed by atoms with Gasteiger partial charge in [0.25, 0.3) is 0 Å². The highest BCUT2D eigenvalue weighted by atomic mass is 16.6. The quantitative estimate of drug-likeness (QED) is 0.362. The van der Waals surface area contributed by atoms with E-state index in [1.54, 1.807) is 11.1 Å². The molecule has 0 radical (unpaired) electrons. The zero-order chi connectivity index (χ0) is 27.6. The molecule has 5 fully saturated rings. The van der Waals surface area contributed by atoms with E-state index in [0.717, 1.165) is 68.9 Å². The third-order valence-corrected chi connectivity index (χ3v) is 12.8. The van der Waals surface area contributed by atoms with Crippen molar-refractivity contribution >= 4 is 11.9 Å². The van der Waals surface area contributed by atoms with Gasteiger partial charge < -0.3 is 14.4 Å². The number of piperidine rings is 1. The van der Waals surface area contributed by atoms with Crippen LogP contribution in [0.25, 0.3) is 0 Å². The average Bonchev–Trinajstić information content (AvgIpc) is 3.43. The molecule has 5 nitrogen and oxygen atoms in total. The molecule has 2 heterocycles. The third-order valence-electron chi connectivity index (χ3n) is 12.8. The molecule has 5 heteroatoms. The lowest BCUT2D eigenvalue weighted by Gasteiger charge is -2.52. The number of amides is 1. The van der Waals surface area contributed by atoms with Crippen molar-refractivity contribution in [2.75, 3.05) is 6.54 Å². The molecule has 2 saturated heterocycles. The molecule has 2 aliphatic heterocycles. The summed E-state index contributed by atoms with van der Waals surface area (Å²) in [6.07, 6.45) is 11.7. The number of carbonyl (C=O) groups excluding carboxylic acids is 2. The number of ether oxygens (including phenoxy) is 2. The first-order valence-electron chi connectivity index (χ1n) is 16.1. The minimum atomic E-state index is -0.189. The van der Waals surface area contributed by atoms with Crippen LogP contribution in [0.15, 0.2) is 41.5 Å². The largest absolute Gasteiger partial charge is 0.445 e. The standard InChI is InChI=1S/C35H47NO4/c1-22-20-35(16-14-27-28-12-11-25-18-26(37)13-15-34(25,3)30(28)19-29(22)27)23(2)32-31(40-35)10-7-17-36(32)33(38)39-21-24-8-5-4-6-9-24/h4-6,8-9,23,25,27-28,30-32H,7,10-21H2,1-3H3/t23-,25-,27+,28?,30+,31-,32+,34+,35+/m1/s1. The summed E-state index contributed by atoms with van der Waals surface area (Å²) < 4.78 is 12.9. The molecule has 0 bridgehead atoms. The van der Waals surface area contributed by atoms with Crippen molar-refractivity contribution in [2.24, 2.45) is 35.0 Å². The number of fused-ring (bicyclic) bond motifs is 6. The van der Waals surface area contributed by atoms with E-state index >= 15 is 0 Å². The van der Waals surface area contributed by atoms with Gasteiger partial charge in [-0.15, -0.1) is 0 Å². The first-order chi connectivity index (χ1) is 19.3. The Kier molecular flexibility index (Phi) is 6.68. The van der Waals surface area contributed by atoms with Crippen molar-refractivity contribution < 1.29 is 19.1 Å². The number of likely N-dealkylation sites (tertiary alicyclic amines) is 1. The fourth-order valence-electron chi connectivity index (χ4n) is 10.6. The van der Waals surface area contributed by atoms with Crippen LogP contribution in [0.3, 0.4) is 0 Å². The van der Waals surface area contributed by atoms with E-state index in [1.165, 1.54) is 25.7 Å². The predicted molar refractivity (Wildman–Crippen MR) is 154 cm³/mol. The highest BCUT2D eigenvalue weighted by Crippen LogP contribution is 2.65. The van der Waals surface area contributed by atoms with E-state index in [2.05, 4.69) is 20.8 Å². The number of carbonyl (C=O) groups is 2. The van der Waals surface area contributed by atoms with Crippen LogP contribution in [-0.2, 0) is 20.9 Å². The molecule has 1 unspecified atom stereocenters. The van der Waals surface area contributed by atoms with Gasteiger partial charge in [-0.2, -0.15) is 0 Å². The van der Waals surface area contributed by atoms with E-state index in [-0.39, 0.29) is 29.8 Å². The lowest BCUT2D eigenvalue weighted by Crippen LogP contribution is -2.52. The third kappa shape index (κ3) is 4.20. The Bertz CT molecular complexity index is 1190. The minimum Gasteiger partial charge on any atom is -0.445 e. The zero-order valence-electron chi connectivity index (χ0n) is 24.7. The van der Waals surface area contributed by atoms with Crippen LogP contribution >= 0.6 is 0 Å². The Balaban J connectivity index is 1.10. The highest BCUT2D eigenvalue weighted by Gasteiger charge is 2.60. The Morgan fingerprint density at radius 3 is 2.75 bits per heavy atom. The van der Waals surface area contributed by atoms with E-state index < -0.39 is 0 Å². The Morgan fingerprint density at radius 1 is 1.10 bits per heavy atom. The summed E-state index contributed by atoms with van der Waals surface area (Å²) in [5.41, 5.74) is 4.46. The fraction of sp³-hybridized carbons (Fsp3) is 0.714. The van der Waals surface area contributed by atoms with Crippen molar-refractivity contribution in [3.63, 3.8) is 0 Å². The summed E-state index contributed by atoms with van der Waals surface area (Å²) in [5, 5.41) is 0. The molecule has 9 atom stereocenters. The molecule has 0 N–H and O–H groups in total. The van der Waals surface area contributed by atoms with Crippen molar-refractivity contribution in [2.45, 2.75) is 116 Å². The summed E-state index contributed by atoms with van der Waals surface area (Å²) in [6, 6.07) is 10.1. The first-order valence-corrected chi connectivity index (χ1v) is 16.1. The summed E-state index contributed by atoms with van der Waals surface area (Å²) in [4.78, 5) is 27.7. The number of hydrogen-bond acceptors (Lipinski definition) is 4. The molecular formula is C35H47NO4. The van der Waals surface area contributed by atoms with Gasteiger partial charge in [-0.25, -0.2) is 4.79 Å². The van der Waals surface area contributed by atoms with E-state index in [1.807, 2.05) is 35.2 Å². The summed E-state index contributed by atoms with van der Waals surface area (Å²) in [7, 11) is 0. The minimum absolute atomic E-state index is 0.0923. The maximum absolute atomic E-state index is 13.4. The number of ketones is 1. The van der Waals surface area contributed by atoms with Gasteiger partial charge in [0.05, 0.1) is 17.7 Å². The number of allylic oxidation sites excluding steroid dienone is 1. The second-order valence-electron chi connectivity index (χ2n) is 14.5. The molecule has 4 aliphatic carbocycles. The highest BCUT2D eigenvalue weighted by molar-refractivity contribution is 5.79. The van der Waals surface area contributed by atoms with Crippen molar-refractivity contribution in [3.05, 3.63) is 47.0 Å². The fourth-order valence-corrected chi connectivity index (χ4v) is 10.6. The second-order valence-corrected chi connectivity index (χ2v) is 14.5. The Hall–Kier alpha value is -2.14. The molecule has 1 aromatic carbocycles. The summed E-state index contributed by atoms with van der Waals surface area (Å²) in [6.45, 7) is 8.34. The van der Waals surface area contributed by atoms with Crippen LogP contribution in [-0.4, -0.2) is 41.1 Å². The lowest BCUT2D eigenvalue weighted by molar-refractivity contribution is -0.129. The molecule has 1 aromatic rings. The van der Waals surface area contributed by atoms with Gasteiger partial charge in [0.2, 0.25) is 0 Å². The van der Waals surface area contributed by atoms with E-state index in [4.69, 9.17) is 9.47 Å². The molecule has 216 valence electrons. The van der Waals surface area contributed by atoms with Crippen molar-refractivity contribution in [3.8, 4) is 0 Å². The average molecular weight is 546 g/mol. The van der Waals surface area contributed by atoms with Crippen LogP contribution < -0.4 is 0 Å². The molecule has 7 rings (SSSR count). The molecule has 1 spiro atoms. The first kappa shape index (κ1) is 26.7. The second kappa shape index (κ2) is 10.00. The van der Waals surface area contributed by atoms with Gasteiger partial charge in [0, 0.05) is 25.3 Å². The van der Waals surface area contributed by atoms with Gasteiger partial charge in [-0.05, 0) is 99.4 Å². The molecule has 6 aliphatic rings. The molecule has 0 aromatic heterocycles. The maximum Gasteiger partial charge on any atom is 0.410 e. The SMILES string of the molecule is CC1=C2C[C@H]3C(CC[C@@H]4CC(=O)CC[C@@]43C)[C@@H]2CC[C@@]2(C1)O[C@@H]1CCCN(C(=O)OCc3ccccc3)[C@H]1[C@H]2C. The number of nitrogens with zero attached hydrogens (tertiary/aromatic N) is 1. The van der Waals surface area contributed by atoms with Gasteiger partial charge in [-0.1, -0.05) is 55.3 Å². The summed E-state index contributed by atoms with van der Waals surface area (Å²) >= 11 is 0. The molecule has 1 amide bonds. The lowest BCUT2D eigenvalue weighted by atomic mass is 9.52. The number of benzene rings is 1. The summed E-state index contributed by atoms with van der Waals surface area (Å²) in [5.74, 6) is 3.55. The smallest absolute Gasteiger partial charge is 0.410 e. The topological polar surface area (TPSA) is 55.8 Å². The van der Waals surface area contributed by atoms with Crippen LogP contribution in [0.4, 0.5) is 4.79 Å². The van der Waals surface area contributed by atoms with Gasteiger partial charge in [0.1, 0.15) is 12.4 Å². The van der Waals surface area contributed by atoms with Crippen molar-refractivity contribution in [1.82, 2.24) is 4.90 Å². The van der Waals surface area contributed by atoms with Gasteiger partial charge in [0.15, 0.2) is 0 Å². The van der Waals surface area contributed by atoms with Crippen LogP contribution in [0.1, 0.15) is 97.0 Å². The predicted octanol–water partition coefficient (Wildman–Crippen LogP) is 7.48. The maximum atomic E-state index is 13.4. The van der Waals surface area contributed by atoms with Gasteiger partial charge in [-0.3, -0.25) is 4.79 Å². The number of hydrogen-bond donors (Lipinski definition) is 0. The van der Waals surface area contributed by atoms with E-state index in [9.17, 15) is 9.59 Å². The van der Waals surface area contributed by atoms with E-state index in [0.29, 0.717) is 29.6 Å². The Labute approximate surface area is 240 Å². The van der Waals surface area contributed by atoms with Crippen LogP contribution in [0, 0.1) is 35.0 Å². The number of Topliss-reactive ketones (excluding diaryl/α,β-unsaturated/α-hetero) is 1. The van der Waals surface area contributed by atoms with Gasteiger partial charge >= 0.3 is 6.09 Å². The van der Waals surface area contributed by atoms with Crippen LogP contribution in [0.2, 0.25) is 0 Å². The van der Waals surface area contributed by atoms with Crippen LogP contribution in [0.5, 0.6) is 0 Å². The normalized spacial score (nSPS) is 42.6. The molecule has 3 saturated carbocycles. The number of rotatable bonds is 2. The molecule has 40 heavy (non-hydrogen) atoms. The monoisotopic (exact) mass is 545 g/mol. The Morgan fingerprint density at radius 2 is 1.93 bits per heavy atom. The zero-order valence-corrected chi connectivity index (χ0v) is 24.7.